The van der Waals surface area contributed by atoms with Crippen molar-refractivity contribution in [1.29, 1.82) is 0 Å². The van der Waals surface area contributed by atoms with Gasteiger partial charge in [0.1, 0.15) is 11.6 Å². The Balaban J connectivity index is 1.96. The molecule has 3 heteroatoms. The van der Waals surface area contributed by atoms with E-state index in [1.807, 2.05) is 25.1 Å². The second kappa shape index (κ2) is 6.53. The van der Waals surface area contributed by atoms with Crippen LogP contribution in [0.5, 0.6) is 5.75 Å². The summed E-state index contributed by atoms with van der Waals surface area (Å²) >= 11 is 0. The molecule has 106 valence electrons. The highest BCUT2D eigenvalue weighted by atomic mass is 19.1. The molecule has 2 unspecified atom stereocenters. The summed E-state index contributed by atoms with van der Waals surface area (Å²) in [5.41, 5.74) is 1.99. The third kappa shape index (κ3) is 3.58. The number of hydrogen-bond donors (Lipinski definition) is 2. The Hall–Kier alpha value is -1.87. The largest absolute Gasteiger partial charge is 0.508 e. The van der Waals surface area contributed by atoms with Gasteiger partial charge in [0.05, 0.1) is 0 Å². The SMILES string of the molecule is CC(CNC(C)c1ccc(F)cc1O)c1ccccc1. The first-order valence-corrected chi connectivity index (χ1v) is 6.84. The van der Waals surface area contributed by atoms with Crippen molar-refractivity contribution in [2.75, 3.05) is 6.54 Å². The summed E-state index contributed by atoms with van der Waals surface area (Å²) in [6.07, 6.45) is 0. The van der Waals surface area contributed by atoms with E-state index in [-0.39, 0.29) is 11.8 Å². The van der Waals surface area contributed by atoms with Crippen molar-refractivity contribution in [3.63, 3.8) is 0 Å². The van der Waals surface area contributed by atoms with E-state index in [1.165, 1.54) is 11.6 Å². The van der Waals surface area contributed by atoms with Crippen LogP contribution < -0.4 is 5.32 Å². The molecular weight excluding hydrogens is 253 g/mol. The fourth-order valence-electron chi connectivity index (χ4n) is 2.25. The predicted octanol–water partition coefficient (Wildman–Crippen LogP) is 3.99. The van der Waals surface area contributed by atoms with Gasteiger partial charge in [-0.3, -0.25) is 0 Å². The minimum Gasteiger partial charge on any atom is -0.508 e. The van der Waals surface area contributed by atoms with Gasteiger partial charge in [-0.05, 0) is 24.5 Å². The fourth-order valence-corrected chi connectivity index (χ4v) is 2.25. The van der Waals surface area contributed by atoms with Crippen LogP contribution in [-0.2, 0) is 0 Å². The lowest BCUT2D eigenvalue weighted by Crippen LogP contribution is -2.23. The van der Waals surface area contributed by atoms with Gasteiger partial charge in [0.15, 0.2) is 0 Å². The number of nitrogens with one attached hydrogen (secondary N) is 1. The van der Waals surface area contributed by atoms with Gasteiger partial charge in [0.25, 0.3) is 0 Å². The number of halogens is 1. The van der Waals surface area contributed by atoms with Crippen LogP contribution in [0.4, 0.5) is 4.39 Å². The van der Waals surface area contributed by atoms with Gasteiger partial charge in [-0.25, -0.2) is 4.39 Å². The molecule has 0 bridgehead atoms. The summed E-state index contributed by atoms with van der Waals surface area (Å²) in [7, 11) is 0. The first-order valence-electron chi connectivity index (χ1n) is 6.84. The molecule has 0 aliphatic carbocycles. The normalized spacial score (nSPS) is 13.9. The number of hydrogen-bond acceptors (Lipinski definition) is 2. The van der Waals surface area contributed by atoms with Crippen LogP contribution in [0.15, 0.2) is 48.5 Å². The molecule has 2 aromatic rings. The van der Waals surface area contributed by atoms with Gasteiger partial charge in [0, 0.05) is 24.2 Å². The first kappa shape index (κ1) is 14.5. The summed E-state index contributed by atoms with van der Waals surface area (Å²) in [4.78, 5) is 0. The van der Waals surface area contributed by atoms with Gasteiger partial charge in [-0.1, -0.05) is 43.3 Å². The molecule has 0 saturated carbocycles. The lowest BCUT2D eigenvalue weighted by molar-refractivity contribution is 0.444. The van der Waals surface area contributed by atoms with Crippen LogP contribution in [0.1, 0.15) is 36.9 Å². The van der Waals surface area contributed by atoms with Gasteiger partial charge in [0.2, 0.25) is 0 Å². The summed E-state index contributed by atoms with van der Waals surface area (Å²) in [5.74, 6) is -0.0466. The van der Waals surface area contributed by atoms with E-state index in [0.29, 0.717) is 11.5 Å². The minimum absolute atomic E-state index is 0.00244. The van der Waals surface area contributed by atoms with Crippen molar-refractivity contribution in [3.05, 3.63) is 65.5 Å². The van der Waals surface area contributed by atoms with E-state index in [0.717, 1.165) is 12.6 Å². The van der Waals surface area contributed by atoms with E-state index < -0.39 is 5.82 Å². The van der Waals surface area contributed by atoms with Crippen molar-refractivity contribution in [2.45, 2.75) is 25.8 Å². The highest BCUT2D eigenvalue weighted by molar-refractivity contribution is 5.35. The number of benzene rings is 2. The molecule has 0 radical (unpaired) electrons. The lowest BCUT2D eigenvalue weighted by Gasteiger charge is -2.19. The molecule has 2 N–H and O–H groups in total. The Kier molecular flexibility index (Phi) is 4.74. The Labute approximate surface area is 119 Å². The van der Waals surface area contributed by atoms with E-state index in [1.54, 1.807) is 6.07 Å². The summed E-state index contributed by atoms with van der Waals surface area (Å²) in [6.45, 7) is 4.91. The molecule has 0 aliphatic heterocycles. The number of phenols is 1. The van der Waals surface area contributed by atoms with E-state index in [9.17, 15) is 9.50 Å². The summed E-state index contributed by atoms with van der Waals surface area (Å²) in [5, 5.41) is 13.1. The molecule has 0 aromatic heterocycles. The zero-order chi connectivity index (χ0) is 14.5. The Morgan fingerprint density at radius 1 is 1.10 bits per heavy atom. The lowest BCUT2D eigenvalue weighted by atomic mass is 10.00. The molecule has 0 saturated heterocycles. The molecule has 2 rings (SSSR count). The number of rotatable bonds is 5. The smallest absolute Gasteiger partial charge is 0.126 e. The number of aromatic hydroxyl groups is 1. The molecule has 2 atom stereocenters. The second-order valence-electron chi connectivity index (χ2n) is 5.14. The van der Waals surface area contributed by atoms with E-state index in [2.05, 4.69) is 24.4 Å². The zero-order valence-corrected chi connectivity index (χ0v) is 11.8. The van der Waals surface area contributed by atoms with Crippen molar-refractivity contribution in [3.8, 4) is 5.75 Å². The fraction of sp³-hybridized carbons (Fsp3) is 0.294. The van der Waals surface area contributed by atoms with Crippen LogP contribution in [0.25, 0.3) is 0 Å². The maximum atomic E-state index is 13.0. The van der Waals surface area contributed by atoms with Crippen molar-refractivity contribution in [2.24, 2.45) is 0 Å². The topological polar surface area (TPSA) is 32.3 Å². The quantitative estimate of drug-likeness (QED) is 0.863. The van der Waals surface area contributed by atoms with Crippen LogP contribution >= 0.6 is 0 Å². The molecule has 2 nitrogen and oxygen atoms in total. The highest BCUT2D eigenvalue weighted by Gasteiger charge is 2.12. The van der Waals surface area contributed by atoms with Crippen LogP contribution in [0, 0.1) is 5.82 Å². The summed E-state index contributed by atoms with van der Waals surface area (Å²) in [6, 6.07) is 14.4. The molecule has 0 amide bonds. The third-order valence-electron chi connectivity index (χ3n) is 3.56. The maximum absolute atomic E-state index is 13.0. The molecule has 20 heavy (non-hydrogen) atoms. The molecule has 2 aromatic carbocycles. The van der Waals surface area contributed by atoms with Gasteiger partial charge >= 0.3 is 0 Å². The molecule has 0 fully saturated rings. The predicted molar refractivity (Wildman–Crippen MR) is 79.3 cm³/mol. The van der Waals surface area contributed by atoms with Crippen molar-refractivity contribution in [1.82, 2.24) is 5.32 Å². The second-order valence-corrected chi connectivity index (χ2v) is 5.14. The molecular formula is C17H20FNO. The molecule has 0 heterocycles. The molecule has 0 spiro atoms. The average molecular weight is 273 g/mol. The van der Waals surface area contributed by atoms with Gasteiger partial charge in [-0.15, -0.1) is 0 Å². The molecule has 0 aliphatic rings. The Morgan fingerprint density at radius 3 is 2.45 bits per heavy atom. The standard InChI is InChI=1S/C17H20FNO/c1-12(14-6-4-3-5-7-14)11-19-13(2)16-9-8-15(18)10-17(16)20/h3-10,12-13,19-20H,11H2,1-2H3. The zero-order valence-electron chi connectivity index (χ0n) is 11.8. The first-order chi connectivity index (χ1) is 9.58. The van der Waals surface area contributed by atoms with Crippen LogP contribution in [0.3, 0.4) is 0 Å². The Bertz CT molecular complexity index is 556. The minimum atomic E-state index is -0.420. The Morgan fingerprint density at radius 2 is 1.80 bits per heavy atom. The highest BCUT2D eigenvalue weighted by Crippen LogP contribution is 2.25. The van der Waals surface area contributed by atoms with E-state index >= 15 is 0 Å². The van der Waals surface area contributed by atoms with E-state index in [4.69, 9.17) is 0 Å². The average Bonchev–Trinajstić information content (AvgIpc) is 2.45. The van der Waals surface area contributed by atoms with Crippen LogP contribution in [0.2, 0.25) is 0 Å². The van der Waals surface area contributed by atoms with Gasteiger partial charge < -0.3 is 10.4 Å². The maximum Gasteiger partial charge on any atom is 0.126 e. The number of phenolic OH excluding ortho intramolecular Hbond substituents is 1. The summed E-state index contributed by atoms with van der Waals surface area (Å²) < 4.78 is 13.0. The third-order valence-corrected chi connectivity index (χ3v) is 3.56. The van der Waals surface area contributed by atoms with Crippen molar-refractivity contribution >= 4 is 0 Å². The monoisotopic (exact) mass is 273 g/mol. The van der Waals surface area contributed by atoms with Gasteiger partial charge in [-0.2, -0.15) is 0 Å². The van der Waals surface area contributed by atoms with Crippen molar-refractivity contribution < 1.29 is 9.50 Å². The van der Waals surface area contributed by atoms with Crippen LogP contribution in [-0.4, -0.2) is 11.7 Å².